The number of pyridine rings is 1. The predicted octanol–water partition coefficient (Wildman–Crippen LogP) is 3.09. The Balaban J connectivity index is 1.76. The molecular formula is C22H30N4O5. The van der Waals surface area contributed by atoms with Crippen LogP contribution in [0.1, 0.15) is 57.8 Å². The molecule has 2 atom stereocenters. The molecule has 0 spiro atoms. The lowest BCUT2D eigenvalue weighted by atomic mass is 9.87. The number of carbonyl (C=O) groups excluding carboxylic acids is 1. The van der Waals surface area contributed by atoms with E-state index < -0.39 is 11.6 Å². The number of carboxylic acid groups (broad SMARTS) is 1. The molecule has 0 aliphatic heterocycles. The maximum absolute atomic E-state index is 12.3. The minimum absolute atomic E-state index is 0.0354. The van der Waals surface area contributed by atoms with Gasteiger partial charge in [-0.15, -0.1) is 5.10 Å². The molecule has 0 aromatic carbocycles. The number of carbonyl (C=O) groups is 2. The molecular weight excluding hydrogens is 400 g/mol. The van der Waals surface area contributed by atoms with Crippen LogP contribution in [-0.4, -0.2) is 48.7 Å². The fraction of sp³-hybridized carbons (Fsp3) is 0.591. The van der Waals surface area contributed by atoms with Crippen molar-refractivity contribution in [1.82, 2.24) is 20.0 Å². The molecule has 1 saturated carbocycles. The minimum atomic E-state index is -0.765. The van der Waals surface area contributed by atoms with Crippen molar-refractivity contribution in [1.29, 1.82) is 0 Å². The monoisotopic (exact) mass is 430 g/mol. The van der Waals surface area contributed by atoms with Crippen molar-refractivity contribution in [3.05, 3.63) is 23.5 Å². The molecule has 0 amide bonds. The number of carboxylic acids is 1. The topological polar surface area (TPSA) is 116 Å². The van der Waals surface area contributed by atoms with Crippen LogP contribution in [0.4, 0.5) is 0 Å². The summed E-state index contributed by atoms with van der Waals surface area (Å²) in [5.74, 6) is -0.863. The van der Waals surface area contributed by atoms with Gasteiger partial charge < -0.3 is 14.6 Å². The average Bonchev–Trinajstić information content (AvgIpc) is 3.02. The largest absolute Gasteiger partial charge is 0.489 e. The third-order valence-electron chi connectivity index (χ3n) is 5.22. The number of aryl methyl sites for hydroxylation is 2. The number of aromatic nitrogens is 4. The SMILES string of the molecule is Cc1nc(-c2nnn(C)c2CC(=O)OC(C)(C)C)ccc1O[C@H]1CCC[C@H](C(=O)O)C1. The van der Waals surface area contributed by atoms with E-state index in [0.717, 1.165) is 12.8 Å². The molecule has 0 saturated heterocycles. The van der Waals surface area contributed by atoms with Crippen LogP contribution >= 0.6 is 0 Å². The average molecular weight is 431 g/mol. The second-order valence-electron chi connectivity index (χ2n) is 8.99. The van der Waals surface area contributed by atoms with Crippen molar-refractivity contribution in [2.75, 3.05) is 0 Å². The molecule has 0 radical (unpaired) electrons. The lowest BCUT2D eigenvalue weighted by molar-refractivity contribution is -0.154. The Kier molecular flexibility index (Phi) is 6.62. The molecule has 2 aromatic heterocycles. The molecule has 2 heterocycles. The van der Waals surface area contributed by atoms with Gasteiger partial charge in [-0.2, -0.15) is 0 Å². The van der Waals surface area contributed by atoms with Crippen LogP contribution in [0, 0.1) is 12.8 Å². The van der Waals surface area contributed by atoms with Crippen molar-refractivity contribution in [3.63, 3.8) is 0 Å². The summed E-state index contributed by atoms with van der Waals surface area (Å²) in [7, 11) is 1.72. The summed E-state index contributed by atoms with van der Waals surface area (Å²) in [6.07, 6.45) is 2.75. The summed E-state index contributed by atoms with van der Waals surface area (Å²) >= 11 is 0. The van der Waals surface area contributed by atoms with E-state index in [0.29, 0.717) is 41.4 Å². The number of hydrogen-bond donors (Lipinski definition) is 1. The second kappa shape index (κ2) is 9.03. The number of esters is 1. The highest BCUT2D eigenvalue weighted by Crippen LogP contribution is 2.30. The van der Waals surface area contributed by atoms with Gasteiger partial charge in [0.15, 0.2) is 0 Å². The molecule has 1 fully saturated rings. The molecule has 0 bridgehead atoms. The molecule has 1 N–H and O–H groups in total. The van der Waals surface area contributed by atoms with E-state index in [-0.39, 0.29) is 24.4 Å². The summed E-state index contributed by atoms with van der Waals surface area (Å²) in [5, 5.41) is 17.5. The van der Waals surface area contributed by atoms with Gasteiger partial charge in [-0.3, -0.25) is 14.3 Å². The Morgan fingerprint density at radius 3 is 2.65 bits per heavy atom. The smallest absolute Gasteiger partial charge is 0.312 e. The number of rotatable bonds is 6. The van der Waals surface area contributed by atoms with Crippen molar-refractivity contribution < 1.29 is 24.2 Å². The second-order valence-corrected chi connectivity index (χ2v) is 8.99. The first-order valence-corrected chi connectivity index (χ1v) is 10.5. The molecule has 3 rings (SSSR count). The highest BCUT2D eigenvalue weighted by molar-refractivity contribution is 5.75. The lowest BCUT2D eigenvalue weighted by Gasteiger charge is -2.27. The van der Waals surface area contributed by atoms with Gasteiger partial charge in [0, 0.05) is 7.05 Å². The Hall–Kier alpha value is -2.97. The number of ether oxygens (including phenoxy) is 2. The molecule has 0 unspecified atom stereocenters. The highest BCUT2D eigenvalue weighted by Gasteiger charge is 2.29. The van der Waals surface area contributed by atoms with Gasteiger partial charge in [0.2, 0.25) is 0 Å². The summed E-state index contributed by atoms with van der Waals surface area (Å²) in [5.41, 5.74) is 1.82. The van der Waals surface area contributed by atoms with E-state index in [1.165, 1.54) is 0 Å². The molecule has 1 aliphatic rings. The van der Waals surface area contributed by atoms with Gasteiger partial charge in [-0.1, -0.05) is 5.21 Å². The van der Waals surface area contributed by atoms with Gasteiger partial charge in [0.05, 0.1) is 35.5 Å². The molecule has 9 heteroatoms. The number of nitrogens with zero attached hydrogens (tertiary/aromatic N) is 4. The molecule has 2 aromatic rings. The van der Waals surface area contributed by atoms with E-state index in [1.54, 1.807) is 17.8 Å². The number of aliphatic carboxylic acids is 1. The predicted molar refractivity (Wildman–Crippen MR) is 113 cm³/mol. The van der Waals surface area contributed by atoms with Crippen LogP contribution in [0.5, 0.6) is 5.75 Å². The zero-order chi connectivity index (χ0) is 22.8. The van der Waals surface area contributed by atoms with Crippen molar-refractivity contribution in [2.24, 2.45) is 13.0 Å². The molecule has 9 nitrogen and oxygen atoms in total. The fourth-order valence-corrected chi connectivity index (χ4v) is 3.75. The van der Waals surface area contributed by atoms with E-state index >= 15 is 0 Å². The van der Waals surface area contributed by atoms with E-state index in [1.807, 2.05) is 33.8 Å². The fourth-order valence-electron chi connectivity index (χ4n) is 3.75. The maximum atomic E-state index is 12.3. The summed E-state index contributed by atoms with van der Waals surface area (Å²) in [6.45, 7) is 7.30. The Morgan fingerprint density at radius 2 is 2.00 bits per heavy atom. The highest BCUT2D eigenvalue weighted by atomic mass is 16.6. The quantitative estimate of drug-likeness (QED) is 0.695. The molecule has 168 valence electrons. The standard InChI is InChI=1S/C22H30N4O5/c1-13-18(30-15-8-6-7-14(11-15)21(28)29)10-9-16(23-13)20-17(26(5)25-24-20)12-19(27)31-22(2,3)4/h9-10,14-15H,6-8,11-12H2,1-5H3,(H,28,29)/t14-,15-/m0/s1. The third kappa shape index (κ3) is 5.80. The first-order chi connectivity index (χ1) is 14.5. The van der Waals surface area contributed by atoms with E-state index in [2.05, 4.69) is 15.3 Å². The zero-order valence-electron chi connectivity index (χ0n) is 18.7. The van der Waals surface area contributed by atoms with Crippen molar-refractivity contribution in [3.8, 4) is 17.1 Å². The van der Waals surface area contributed by atoms with Crippen LogP contribution in [0.2, 0.25) is 0 Å². The zero-order valence-corrected chi connectivity index (χ0v) is 18.7. The van der Waals surface area contributed by atoms with Crippen LogP contribution in [0.25, 0.3) is 11.4 Å². The van der Waals surface area contributed by atoms with E-state index in [9.17, 15) is 14.7 Å². The summed E-state index contributed by atoms with van der Waals surface area (Å²) in [4.78, 5) is 28.2. The molecule has 31 heavy (non-hydrogen) atoms. The Morgan fingerprint density at radius 1 is 1.26 bits per heavy atom. The normalized spacial score (nSPS) is 19.1. The van der Waals surface area contributed by atoms with E-state index in [4.69, 9.17) is 9.47 Å². The van der Waals surface area contributed by atoms with Gasteiger partial charge in [-0.25, -0.2) is 4.98 Å². The van der Waals surface area contributed by atoms with Crippen LogP contribution in [-0.2, 0) is 27.8 Å². The first kappa shape index (κ1) is 22.7. The summed E-state index contributed by atoms with van der Waals surface area (Å²) in [6, 6.07) is 3.59. The van der Waals surface area contributed by atoms with Gasteiger partial charge in [0.1, 0.15) is 17.0 Å². The van der Waals surface area contributed by atoms with Gasteiger partial charge in [-0.05, 0) is 65.5 Å². The van der Waals surface area contributed by atoms with Crippen LogP contribution < -0.4 is 4.74 Å². The maximum Gasteiger partial charge on any atom is 0.312 e. The lowest BCUT2D eigenvalue weighted by Crippen LogP contribution is -2.29. The van der Waals surface area contributed by atoms with Gasteiger partial charge in [0.25, 0.3) is 0 Å². The van der Waals surface area contributed by atoms with Crippen molar-refractivity contribution in [2.45, 2.75) is 71.5 Å². The third-order valence-corrected chi connectivity index (χ3v) is 5.22. The summed E-state index contributed by atoms with van der Waals surface area (Å²) < 4.78 is 13.0. The van der Waals surface area contributed by atoms with Crippen molar-refractivity contribution >= 4 is 11.9 Å². The Labute approximate surface area is 181 Å². The number of hydrogen-bond acceptors (Lipinski definition) is 7. The first-order valence-electron chi connectivity index (χ1n) is 10.5. The van der Waals surface area contributed by atoms with Gasteiger partial charge >= 0.3 is 11.9 Å². The molecule has 1 aliphatic carbocycles. The van der Waals surface area contributed by atoms with Crippen LogP contribution in [0.3, 0.4) is 0 Å². The minimum Gasteiger partial charge on any atom is -0.489 e. The van der Waals surface area contributed by atoms with Crippen LogP contribution in [0.15, 0.2) is 12.1 Å². The Bertz CT molecular complexity index is 963.